The maximum Gasteiger partial charge on any atom is 0.241 e. The maximum absolute atomic E-state index is 12.2. The van der Waals surface area contributed by atoms with Crippen molar-refractivity contribution in [1.82, 2.24) is 9.71 Å². The van der Waals surface area contributed by atoms with Gasteiger partial charge in [0.2, 0.25) is 10.0 Å². The van der Waals surface area contributed by atoms with Gasteiger partial charge in [-0.2, -0.15) is 0 Å². The summed E-state index contributed by atoms with van der Waals surface area (Å²) in [6.07, 6.45) is 1.62. The summed E-state index contributed by atoms with van der Waals surface area (Å²) in [6.45, 7) is 0.150. The van der Waals surface area contributed by atoms with Crippen LogP contribution in [0.3, 0.4) is 0 Å². The molecule has 0 aliphatic rings. The minimum atomic E-state index is -3.58. The third-order valence-electron chi connectivity index (χ3n) is 2.60. The Labute approximate surface area is 131 Å². The number of hydrogen-bond donors (Lipinski definition) is 1. The SMILES string of the molecule is COc1cc(S(=O)(=O)NCc2ccccn2)ccc1I. The Bertz CT molecular complexity index is 690. The second-order valence-corrected chi connectivity index (χ2v) is 6.87. The predicted octanol–water partition coefficient (Wildman–Crippen LogP) is 2.17. The molecule has 5 nitrogen and oxygen atoms in total. The van der Waals surface area contributed by atoms with Gasteiger partial charge < -0.3 is 4.74 Å². The average molecular weight is 404 g/mol. The van der Waals surface area contributed by atoms with Crippen molar-refractivity contribution in [2.24, 2.45) is 0 Å². The Hall–Kier alpha value is -1.19. The van der Waals surface area contributed by atoms with Crippen LogP contribution in [0.1, 0.15) is 5.69 Å². The van der Waals surface area contributed by atoms with Crippen LogP contribution in [0.25, 0.3) is 0 Å². The van der Waals surface area contributed by atoms with Gasteiger partial charge in [-0.25, -0.2) is 13.1 Å². The van der Waals surface area contributed by atoms with Crippen LogP contribution in [0.2, 0.25) is 0 Å². The van der Waals surface area contributed by atoms with Crippen LogP contribution in [0.5, 0.6) is 5.75 Å². The minimum Gasteiger partial charge on any atom is -0.496 e. The van der Waals surface area contributed by atoms with Crippen molar-refractivity contribution in [3.8, 4) is 5.75 Å². The Morgan fingerprint density at radius 3 is 2.75 bits per heavy atom. The fraction of sp³-hybridized carbons (Fsp3) is 0.154. The number of methoxy groups -OCH3 is 1. The van der Waals surface area contributed by atoms with Crippen molar-refractivity contribution in [1.29, 1.82) is 0 Å². The molecule has 1 aromatic carbocycles. The highest BCUT2D eigenvalue weighted by molar-refractivity contribution is 14.1. The second-order valence-electron chi connectivity index (χ2n) is 3.94. The zero-order chi connectivity index (χ0) is 14.6. The molecule has 0 aliphatic carbocycles. The lowest BCUT2D eigenvalue weighted by Crippen LogP contribution is -2.23. The van der Waals surface area contributed by atoms with E-state index in [0.717, 1.165) is 3.57 Å². The third kappa shape index (κ3) is 3.68. The van der Waals surface area contributed by atoms with Crippen LogP contribution in [-0.4, -0.2) is 20.5 Å². The number of ether oxygens (including phenoxy) is 1. The third-order valence-corrected chi connectivity index (χ3v) is 4.89. The van der Waals surface area contributed by atoms with Gasteiger partial charge in [-0.3, -0.25) is 4.98 Å². The molecule has 0 atom stereocenters. The number of nitrogens with zero attached hydrogens (tertiary/aromatic N) is 1. The van der Waals surface area contributed by atoms with Crippen molar-refractivity contribution in [2.75, 3.05) is 7.11 Å². The molecular weight excluding hydrogens is 391 g/mol. The summed E-state index contributed by atoms with van der Waals surface area (Å²) in [4.78, 5) is 4.24. The standard InChI is InChI=1S/C13H13IN2O3S/c1-19-13-8-11(5-6-12(13)14)20(17,18)16-9-10-4-2-3-7-15-10/h2-8,16H,9H2,1H3. The number of hydrogen-bond acceptors (Lipinski definition) is 4. The molecule has 20 heavy (non-hydrogen) atoms. The number of aromatic nitrogens is 1. The zero-order valence-electron chi connectivity index (χ0n) is 10.7. The summed E-state index contributed by atoms with van der Waals surface area (Å²) >= 11 is 2.09. The molecule has 0 unspecified atom stereocenters. The fourth-order valence-corrected chi connectivity index (χ4v) is 3.13. The molecule has 106 valence electrons. The van der Waals surface area contributed by atoms with E-state index < -0.39 is 10.0 Å². The van der Waals surface area contributed by atoms with Gasteiger partial charge in [0.15, 0.2) is 0 Å². The number of benzene rings is 1. The van der Waals surface area contributed by atoms with E-state index in [4.69, 9.17) is 4.74 Å². The molecule has 0 aliphatic heterocycles. The van der Waals surface area contributed by atoms with Gasteiger partial charge in [-0.05, 0) is 46.9 Å². The quantitative estimate of drug-likeness (QED) is 0.776. The summed E-state index contributed by atoms with van der Waals surface area (Å²) in [5, 5.41) is 0. The van der Waals surface area contributed by atoms with E-state index in [1.54, 1.807) is 30.5 Å². The summed E-state index contributed by atoms with van der Waals surface area (Å²) in [5.41, 5.74) is 0.661. The molecule has 1 aromatic heterocycles. The molecule has 0 amide bonds. The van der Waals surface area contributed by atoms with Gasteiger partial charge in [-0.15, -0.1) is 0 Å². The number of halogens is 1. The summed E-state index contributed by atoms with van der Waals surface area (Å²) in [7, 11) is -2.07. The lowest BCUT2D eigenvalue weighted by molar-refractivity contribution is 0.410. The number of pyridine rings is 1. The Morgan fingerprint density at radius 1 is 1.30 bits per heavy atom. The van der Waals surface area contributed by atoms with Crippen LogP contribution in [0.15, 0.2) is 47.5 Å². The first-order valence-corrected chi connectivity index (χ1v) is 8.32. The van der Waals surface area contributed by atoms with Gasteiger partial charge in [-0.1, -0.05) is 6.07 Å². The first-order valence-electron chi connectivity index (χ1n) is 5.76. The number of nitrogens with one attached hydrogen (secondary N) is 1. The molecule has 2 aromatic rings. The largest absolute Gasteiger partial charge is 0.496 e. The van der Waals surface area contributed by atoms with Crippen molar-refractivity contribution >= 4 is 32.6 Å². The van der Waals surface area contributed by atoms with E-state index in [9.17, 15) is 8.42 Å². The Morgan fingerprint density at radius 2 is 2.10 bits per heavy atom. The Kier molecular flexibility index (Phi) is 4.95. The van der Waals surface area contributed by atoms with Crippen LogP contribution in [0, 0.1) is 3.57 Å². The molecule has 0 bridgehead atoms. The highest BCUT2D eigenvalue weighted by Crippen LogP contribution is 2.24. The van der Waals surface area contributed by atoms with Gasteiger partial charge in [0.25, 0.3) is 0 Å². The average Bonchev–Trinajstić information content (AvgIpc) is 2.46. The van der Waals surface area contributed by atoms with E-state index in [-0.39, 0.29) is 11.4 Å². The minimum absolute atomic E-state index is 0.150. The van der Waals surface area contributed by atoms with Crippen LogP contribution in [0.4, 0.5) is 0 Å². The number of rotatable bonds is 5. The molecule has 0 fully saturated rings. The lowest BCUT2D eigenvalue weighted by Gasteiger charge is -2.09. The van der Waals surface area contributed by atoms with Crippen molar-refractivity contribution < 1.29 is 13.2 Å². The number of sulfonamides is 1. The maximum atomic E-state index is 12.2. The Balaban J connectivity index is 2.18. The lowest BCUT2D eigenvalue weighted by atomic mass is 10.3. The normalized spacial score (nSPS) is 11.3. The van der Waals surface area contributed by atoms with E-state index in [0.29, 0.717) is 11.4 Å². The highest BCUT2D eigenvalue weighted by Gasteiger charge is 2.16. The monoisotopic (exact) mass is 404 g/mol. The first-order chi connectivity index (χ1) is 9.53. The highest BCUT2D eigenvalue weighted by atomic mass is 127. The second kappa shape index (κ2) is 6.51. The summed E-state index contributed by atoms with van der Waals surface area (Å²) in [6, 6.07) is 10.1. The van der Waals surface area contributed by atoms with Crippen molar-refractivity contribution in [2.45, 2.75) is 11.4 Å². The van der Waals surface area contributed by atoms with E-state index >= 15 is 0 Å². The van der Waals surface area contributed by atoms with Crippen LogP contribution >= 0.6 is 22.6 Å². The van der Waals surface area contributed by atoms with Gasteiger partial charge in [0.1, 0.15) is 5.75 Å². The topological polar surface area (TPSA) is 68.3 Å². The molecule has 0 spiro atoms. The smallest absolute Gasteiger partial charge is 0.241 e. The molecule has 0 radical (unpaired) electrons. The predicted molar refractivity (Wildman–Crippen MR) is 84.0 cm³/mol. The molecule has 1 heterocycles. The molecule has 2 rings (SSSR count). The molecule has 1 N–H and O–H groups in total. The van der Waals surface area contributed by atoms with E-state index in [1.165, 1.54) is 13.2 Å². The van der Waals surface area contributed by atoms with E-state index in [1.807, 2.05) is 6.07 Å². The first kappa shape index (κ1) is 15.2. The van der Waals surface area contributed by atoms with Crippen molar-refractivity contribution in [3.63, 3.8) is 0 Å². The van der Waals surface area contributed by atoms with Gasteiger partial charge in [0, 0.05) is 12.3 Å². The van der Waals surface area contributed by atoms with Gasteiger partial charge in [0.05, 0.1) is 27.8 Å². The van der Waals surface area contributed by atoms with Crippen LogP contribution in [-0.2, 0) is 16.6 Å². The molecule has 7 heteroatoms. The van der Waals surface area contributed by atoms with Crippen LogP contribution < -0.4 is 9.46 Å². The van der Waals surface area contributed by atoms with Gasteiger partial charge >= 0.3 is 0 Å². The fourth-order valence-electron chi connectivity index (χ4n) is 1.56. The molecule has 0 saturated heterocycles. The van der Waals surface area contributed by atoms with E-state index in [2.05, 4.69) is 32.3 Å². The molecular formula is C13H13IN2O3S. The summed E-state index contributed by atoms with van der Waals surface area (Å²) < 4.78 is 32.9. The summed E-state index contributed by atoms with van der Waals surface area (Å²) in [5.74, 6) is 0.534. The molecule has 0 saturated carbocycles. The van der Waals surface area contributed by atoms with Crippen molar-refractivity contribution in [3.05, 3.63) is 51.9 Å². The zero-order valence-corrected chi connectivity index (χ0v) is 13.7.